The molecule has 0 saturated heterocycles. The van der Waals surface area contributed by atoms with Crippen LogP contribution in [0.5, 0.6) is 0 Å². The van der Waals surface area contributed by atoms with E-state index in [2.05, 4.69) is 10.1 Å². The number of rotatable bonds is 8. The molecule has 41 heavy (non-hydrogen) atoms. The van der Waals surface area contributed by atoms with Gasteiger partial charge in [-0.15, -0.1) is 0 Å². The molecule has 7 nitrogen and oxygen atoms in total. The molecular formula is C31H32F3N5O2. The van der Waals surface area contributed by atoms with Gasteiger partial charge in [-0.3, -0.25) is 9.59 Å². The zero-order valence-corrected chi connectivity index (χ0v) is 23.2. The third kappa shape index (κ3) is 5.68. The number of amides is 1. The third-order valence-electron chi connectivity index (χ3n) is 7.70. The minimum Gasteiger partial charge on any atom is -0.339 e. The van der Waals surface area contributed by atoms with Gasteiger partial charge < -0.3 is 9.80 Å². The van der Waals surface area contributed by atoms with Crippen LogP contribution in [0.3, 0.4) is 0 Å². The lowest BCUT2D eigenvalue weighted by Gasteiger charge is -2.34. The van der Waals surface area contributed by atoms with Crippen LogP contribution in [-0.2, 0) is 11.2 Å². The quantitative estimate of drug-likeness (QED) is 0.230. The molecule has 10 heteroatoms. The topological polar surface area (TPSA) is 70.8 Å². The van der Waals surface area contributed by atoms with Crippen LogP contribution < -0.4 is 4.90 Å². The summed E-state index contributed by atoms with van der Waals surface area (Å²) in [5.41, 5.74) is 4.61. The van der Waals surface area contributed by atoms with E-state index in [9.17, 15) is 22.8 Å². The second-order valence-corrected chi connectivity index (χ2v) is 10.5. The lowest BCUT2D eigenvalue weighted by Crippen LogP contribution is -2.43. The van der Waals surface area contributed by atoms with Crippen molar-refractivity contribution < 1.29 is 22.8 Å². The Morgan fingerprint density at radius 3 is 2.44 bits per heavy atom. The van der Waals surface area contributed by atoms with Crippen LogP contribution in [0, 0.1) is 12.8 Å². The average molecular weight is 564 g/mol. The maximum absolute atomic E-state index is 14.4. The summed E-state index contributed by atoms with van der Waals surface area (Å²) in [6.45, 7) is 4.30. The second-order valence-electron chi connectivity index (χ2n) is 10.5. The van der Waals surface area contributed by atoms with Crippen molar-refractivity contribution in [2.75, 3.05) is 18.5 Å². The smallest absolute Gasteiger partial charge is 0.339 e. The predicted octanol–water partition coefficient (Wildman–Crippen LogP) is 6.48. The van der Waals surface area contributed by atoms with Gasteiger partial charge in [0.25, 0.3) is 0 Å². The number of carbonyl (C=O) groups excluding carboxylic acids is 2. The van der Waals surface area contributed by atoms with E-state index in [0.29, 0.717) is 12.1 Å². The summed E-state index contributed by atoms with van der Waals surface area (Å²) in [7, 11) is 1.16. The Bertz CT molecular complexity index is 1550. The van der Waals surface area contributed by atoms with Crippen molar-refractivity contribution in [1.82, 2.24) is 19.5 Å². The SMILES string of the molecule is CCC(CC(=O)c1ccccc1)C(=O)N(C)[C@@H](c1ccc(N2CCCc3c2cnc2cc(C)nn32)cc1)C(F)(F)F. The number of carbonyl (C=O) groups is 2. The number of nitrogens with zero attached hydrogens (tertiary/aromatic N) is 5. The van der Waals surface area contributed by atoms with Gasteiger partial charge in [-0.2, -0.15) is 18.3 Å². The highest BCUT2D eigenvalue weighted by Gasteiger charge is 2.46. The highest BCUT2D eigenvalue weighted by molar-refractivity contribution is 5.98. The summed E-state index contributed by atoms with van der Waals surface area (Å²) in [6.07, 6.45) is -1.16. The van der Waals surface area contributed by atoms with Crippen molar-refractivity contribution in [2.45, 2.75) is 51.7 Å². The first-order valence-electron chi connectivity index (χ1n) is 13.7. The monoisotopic (exact) mass is 563 g/mol. The summed E-state index contributed by atoms with van der Waals surface area (Å²) in [5.74, 6) is -1.85. The zero-order valence-electron chi connectivity index (χ0n) is 23.2. The lowest BCUT2D eigenvalue weighted by molar-refractivity contribution is -0.190. The Hall–Kier alpha value is -4.21. The Kier molecular flexibility index (Phi) is 7.84. The number of benzene rings is 2. The van der Waals surface area contributed by atoms with Gasteiger partial charge in [0, 0.05) is 43.2 Å². The van der Waals surface area contributed by atoms with Crippen molar-refractivity contribution in [3.8, 4) is 0 Å². The highest BCUT2D eigenvalue weighted by Crippen LogP contribution is 2.40. The number of aryl methyl sites for hydroxylation is 2. The fourth-order valence-electron chi connectivity index (χ4n) is 5.60. The number of aromatic nitrogens is 3. The molecule has 1 aliphatic heterocycles. The van der Waals surface area contributed by atoms with Crippen LogP contribution >= 0.6 is 0 Å². The van der Waals surface area contributed by atoms with E-state index in [1.807, 2.05) is 22.4 Å². The molecule has 0 bridgehead atoms. The minimum atomic E-state index is -4.71. The van der Waals surface area contributed by atoms with Gasteiger partial charge in [-0.05, 0) is 43.9 Å². The first-order chi connectivity index (χ1) is 19.6. The van der Waals surface area contributed by atoms with Crippen LogP contribution in [0.1, 0.15) is 59.5 Å². The Balaban J connectivity index is 1.39. The van der Waals surface area contributed by atoms with E-state index in [0.717, 1.165) is 53.2 Å². The fourth-order valence-corrected chi connectivity index (χ4v) is 5.60. The standard InChI is InChI=1S/C31H32F3N5O2/c1-4-21(18-27(40)22-9-6-5-7-10-22)30(41)37(3)29(31(32,33)34)23-12-14-24(15-13-23)38-16-8-11-25-26(38)19-35-28-17-20(2)36-39(25)28/h5-7,9-10,12-15,17,19,21,29H,4,8,11,16,18H2,1-3H3/t21?,29-/m0/s1. The molecule has 0 saturated carbocycles. The number of hydrogen-bond donors (Lipinski definition) is 0. The molecule has 3 heterocycles. The maximum atomic E-state index is 14.4. The summed E-state index contributed by atoms with van der Waals surface area (Å²) in [6, 6.07) is 14.4. The summed E-state index contributed by atoms with van der Waals surface area (Å²) >= 11 is 0. The first-order valence-corrected chi connectivity index (χ1v) is 13.7. The number of alkyl halides is 3. The first kappa shape index (κ1) is 28.3. The van der Waals surface area contributed by atoms with Gasteiger partial charge in [0.2, 0.25) is 5.91 Å². The number of halogens is 3. The molecule has 1 aliphatic rings. The van der Waals surface area contributed by atoms with E-state index in [1.165, 1.54) is 12.1 Å². The van der Waals surface area contributed by atoms with Crippen molar-refractivity contribution >= 4 is 28.7 Å². The molecule has 0 N–H and O–H groups in total. The van der Waals surface area contributed by atoms with Crippen LogP contribution in [0.4, 0.5) is 24.5 Å². The average Bonchev–Trinajstić information content (AvgIpc) is 3.36. The highest BCUT2D eigenvalue weighted by atomic mass is 19.4. The van der Waals surface area contributed by atoms with Crippen molar-refractivity contribution in [2.24, 2.45) is 5.92 Å². The molecule has 0 spiro atoms. The molecule has 2 aromatic heterocycles. The number of ketones is 1. The molecule has 1 unspecified atom stereocenters. The van der Waals surface area contributed by atoms with Gasteiger partial charge in [0.15, 0.2) is 17.5 Å². The molecule has 0 fully saturated rings. The van der Waals surface area contributed by atoms with E-state index in [-0.39, 0.29) is 24.2 Å². The minimum absolute atomic E-state index is 0.0464. The molecule has 0 aliphatic carbocycles. The van der Waals surface area contributed by atoms with Gasteiger partial charge in [-0.1, -0.05) is 49.4 Å². The van der Waals surface area contributed by atoms with Gasteiger partial charge in [-0.25, -0.2) is 9.50 Å². The van der Waals surface area contributed by atoms with E-state index in [4.69, 9.17) is 0 Å². The molecular weight excluding hydrogens is 531 g/mol. The maximum Gasteiger partial charge on any atom is 0.413 e. The molecule has 5 rings (SSSR count). The van der Waals surface area contributed by atoms with Gasteiger partial charge >= 0.3 is 6.18 Å². The van der Waals surface area contributed by atoms with Crippen molar-refractivity contribution in [3.05, 3.63) is 89.4 Å². The van der Waals surface area contributed by atoms with E-state index >= 15 is 0 Å². The predicted molar refractivity (Wildman–Crippen MR) is 150 cm³/mol. The molecule has 2 aromatic carbocycles. The van der Waals surface area contributed by atoms with Crippen LogP contribution in [0.2, 0.25) is 0 Å². The Labute approximate surface area is 236 Å². The third-order valence-corrected chi connectivity index (χ3v) is 7.70. The van der Waals surface area contributed by atoms with Crippen LogP contribution in [0.25, 0.3) is 5.65 Å². The normalized spacial score (nSPS) is 14.9. The van der Waals surface area contributed by atoms with Gasteiger partial charge in [0.1, 0.15) is 0 Å². The van der Waals surface area contributed by atoms with Gasteiger partial charge in [0.05, 0.1) is 23.3 Å². The summed E-state index contributed by atoms with van der Waals surface area (Å²) < 4.78 is 45.1. The summed E-state index contributed by atoms with van der Waals surface area (Å²) in [4.78, 5) is 33.3. The number of hydrogen-bond acceptors (Lipinski definition) is 5. The largest absolute Gasteiger partial charge is 0.413 e. The lowest BCUT2D eigenvalue weighted by atomic mass is 9.93. The number of Topliss-reactive ketones (excluding diaryl/α,β-unsaturated/α-hetero) is 1. The van der Waals surface area contributed by atoms with Crippen LogP contribution in [0.15, 0.2) is 66.9 Å². The Morgan fingerprint density at radius 2 is 1.78 bits per heavy atom. The van der Waals surface area contributed by atoms with Crippen LogP contribution in [-0.4, -0.2) is 51.0 Å². The summed E-state index contributed by atoms with van der Waals surface area (Å²) in [5, 5.41) is 4.55. The molecule has 0 radical (unpaired) electrons. The molecule has 4 aromatic rings. The van der Waals surface area contributed by atoms with E-state index < -0.39 is 24.0 Å². The molecule has 2 atom stereocenters. The zero-order chi connectivity index (χ0) is 29.3. The number of anilines is 2. The Morgan fingerprint density at radius 1 is 1.07 bits per heavy atom. The van der Waals surface area contributed by atoms with E-state index in [1.54, 1.807) is 55.6 Å². The number of fused-ring (bicyclic) bond motifs is 3. The van der Waals surface area contributed by atoms with Crippen molar-refractivity contribution in [1.29, 1.82) is 0 Å². The molecule has 1 amide bonds. The molecule has 214 valence electrons. The fraction of sp³-hybridized carbons (Fsp3) is 0.355. The van der Waals surface area contributed by atoms with Crippen molar-refractivity contribution in [3.63, 3.8) is 0 Å². The second kappa shape index (κ2) is 11.3.